The van der Waals surface area contributed by atoms with Gasteiger partial charge < -0.3 is 0 Å². The molecule has 4 rings (SSSR count). The van der Waals surface area contributed by atoms with E-state index >= 15 is 0 Å². The lowest BCUT2D eigenvalue weighted by molar-refractivity contribution is -0.123. The molecule has 0 saturated carbocycles. The fourth-order valence-electron chi connectivity index (χ4n) is 4.11. The largest absolute Gasteiger partial charge is 0.297 e. The SMILES string of the molecule is Cc1ccc(N2C(=O)C[C@@H](N3CCN(Cc4ccccc4)CC3)C2=O)cc1C. The Balaban J connectivity index is 1.40. The second-order valence-corrected chi connectivity index (χ2v) is 7.85. The van der Waals surface area contributed by atoms with E-state index in [1.54, 1.807) is 0 Å². The van der Waals surface area contributed by atoms with Gasteiger partial charge in [-0.2, -0.15) is 0 Å². The fraction of sp³-hybridized carbons (Fsp3) is 0.391. The maximum absolute atomic E-state index is 13.0. The lowest BCUT2D eigenvalue weighted by Gasteiger charge is -2.37. The first kappa shape index (κ1) is 18.8. The van der Waals surface area contributed by atoms with Gasteiger partial charge in [0.2, 0.25) is 5.91 Å². The number of rotatable bonds is 4. The van der Waals surface area contributed by atoms with Crippen LogP contribution in [0.2, 0.25) is 0 Å². The first-order valence-corrected chi connectivity index (χ1v) is 9.97. The summed E-state index contributed by atoms with van der Waals surface area (Å²) < 4.78 is 0. The molecule has 1 atom stereocenters. The number of hydrogen-bond donors (Lipinski definition) is 0. The van der Waals surface area contributed by atoms with E-state index in [9.17, 15) is 9.59 Å². The molecule has 0 spiro atoms. The number of nitrogens with zero attached hydrogens (tertiary/aromatic N) is 3. The van der Waals surface area contributed by atoms with Crippen LogP contribution in [0.15, 0.2) is 48.5 Å². The lowest BCUT2D eigenvalue weighted by atomic mass is 10.1. The first-order chi connectivity index (χ1) is 13.5. The van der Waals surface area contributed by atoms with E-state index in [2.05, 4.69) is 34.1 Å². The van der Waals surface area contributed by atoms with Crippen molar-refractivity contribution < 1.29 is 9.59 Å². The number of imide groups is 1. The van der Waals surface area contributed by atoms with Crippen LogP contribution in [0.1, 0.15) is 23.1 Å². The average molecular weight is 377 g/mol. The Hall–Kier alpha value is -2.50. The Morgan fingerprint density at radius 3 is 2.29 bits per heavy atom. The van der Waals surface area contributed by atoms with Gasteiger partial charge in [-0.05, 0) is 42.7 Å². The first-order valence-electron chi connectivity index (χ1n) is 9.97. The molecule has 0 bridgehead atoms. The number of benzene rings is 2. The third-order valence-electron chi connectivity index (χ3n) is 5.97. The maximum Gasteiger partial charge on any atom is 0.251 e. The minimum Gasteiger partial charge on any atom is -0.297 e. The molecule has 0 aliphatic carbocycles. The van der Waals surface area contributed by atoms with Gasteiger partial charge >= 0.3 is 0 Å². The molecule has 2 amide bonds. The number of piperazine rings is 1. The highest BCUT2D eigenvalue weighted by Gasteiger charge is 2.43. The van der Waals surface area contributed by atoms with Gasteiger partial charge in [-0.3, -0.25) is 19.4 Å². The summed E-state index contributed by atoms with van der Waals surface area (Å²) >= 11 is 0. The molecule has 5 heteroatoms. The van der Waals surface area contributed by atoms with Gasteiger partial charge in [-0.15, -0.1) is 0 Å². The predicted octanol–water partition coefficient (Wildman–Crippen LogP) is 2.75. The van der Waals surface area contributed by atoms with Crippen LogP contribution in [0.5, 0.6) is 0 Å². The predicted molar refractivity (Wildman–Crippen MR) is 110 cm³/mol. The van der Waals surface area contributed by atoms with Gasteiger partial charge in [0.1, 0.15) is 0 Å². The van der Waals surface area contributed by atoms with E-state index in [0.717, 1.165) is 43.9 Å². The Kier molecular flexibility index (Phi) is 5.29. The molecule has 2 heterocycles. The van der Waals surface area contributed by atoms with E-state index < -0.39 is 0 Å². The molecule has 2 aromatic carbocycles. The van der Waals surface area contributed by atoms with Crippen LogP contribution < -0.4 is 4.90 Å². The number of carbonyl (C=O) groups is 2. The Bertz CT molecular complexity index is 873. The van der Waals surface area contributed by atoms with E-state index in [1.165, 1.54) is 10.5 Å². The third kappa shape index (κ3) is 3.73. The number of carbonyl (C=O) groups excluding carboxylic acids is 2. The number of aryl methyl sites for hydroxylation is 2. The summed E-state index contributed by atoms with van der Waals surface area (Å²) in [6.07, 6.45) is 0.282. The van der Waals surface area contributed by atoms with Crippen molar-refractivity contribution >= 4 is 17.5 Å². The van der Waals surface area contributed by atoms with Crippen LogP contribution in [-0.2, 0) is 16.1 Å². The summed E-state index contributed by atoms with van der Waals surface area (Å²) in [6, 6.07) is 15.9. The molecule has 28 heavy (non-hydrogen) atoms. The van der Waals surface area contributed by atoms with Crippen LogP contribution in [0.3, 0.4) is 0 Å². The monoisotopic (exact) mass is 377 g/mol. The van der Waals surface area contributed by atoms with Gasteiger partial charge in [0.25, 0.3) is 5.91 Å². The number of hydrogen-bond acceptors (Lipinski definition) is 4. The Morgan fingerprint density at radius 2 is 1.61 bits per heavy atom. The van der Waals surface area contributed by atoms with Crippen LogP contribution >= 0.6 is 0 Å². The highest BCUT2D eigenvalue weighted by Crippen LogP contribution is 2.28. The molecule has 2 saturated heterocycles. The van der Waals surface area contributed by atoms with Crippen molar-refractivity contribution in [3.63, 3.8) is 0 Å². The Morgan fingerprint density at radius 1 is 0.893 bits per heavy atom. The molecule has 146 valence electrons. The number of amides is 2. The molecule has 0 N–H and O–H groups in total. The van der Waals surface area contributed by atoms with Crippen molar-refractivity contribution in [1.29, 1.82) is 0 Å². The smallest absolute Gasteiger partial charge is 0.251 e. The molecule has 2 fully saturated rings. The van der Waals surface area contributed by atoms with Gasteiger partial charge in [-0.25, -0.2) is 4.90 Å². The quantitative estimate of drug-likeness (QED) is 0.769. The molecule has 5 nitrogen and oxygen atoms in total. The highest BCUT2D eigenvalue weighted by molar-refractivity contribution is 6.22. The van der Waals surface area contributed by atoms with Crippen LogP contribution in [-0.4, -0.2) is 53.8 Å². The van der Waals surface area contributed by atoms with E-state index in [-0.39, 0.29) is 24.3 Å². The van der Waals surface area contributed by atoms with Crippen LogP contribution in [0.25, 0.3) is 0 Å². The van der Waals surface area contributed by atoms with Gasteiger partial charge in [0.15, 0.2) is 0 Å². The summed E-state index contributed by atoms with van der Waals surface area (Å²) in [4.78, 5) is 31.6. The fourth-order valence-corrected chi connectivity index (χ4v) is 4.11. The second-order valence-electron chi connectivity index (χ2n) is 7.85. The molecule has 0 aromatic heterocycles. The average Bonchev–Trinajstić information content (AvgIpc) is 3.00. The van der Waals surface area contributed by atoms with Crippen LogP contribution in [0, 0.1) is 13.8 Å². The summed E-state index contributed by atoms with van der Waals surface area (Å²) in [6.45, 7) is 8.43. The minimum atomic E-state index is -0.326. The van der Waals surface area contributed by atoms with Crippen molar-refractivity contribution in [2.45, 2.75) is 32.9 Å². The van der Waals surface area contributed by atoms with Gasteiger partial charge in [-0.1, -0.05) is 36.4 Å². The minimum absolute atomic E-state index is 0.0789. The van der Waals surface area contributed by atoms with Crippen molar-refractivity contribution in [3.05, 3.63) is 65.2 Å². The van der Waals surface area contributed by atoms with Crippen molar-refractivity contribution in [3.8, 4) is 0 Å². The van der Waals surface area contributed by atoms with Crippen LogP contribution in [0.4, 0.5) is 5.69 Å². The zero-order valence-corrected chi connectivity index (χ0v) is 16.6. The van der Waals surface area contributed by atoms with E-state index in [1.807, 2.05) is 38.1 Å². The molecule has 2 aliphatic heterocycles. The summed E-state index contributed by atoms with van der Waals surface area (Å²) in [5.74, 6) is -0.172. The molecular formula is C23H27N3O2. The summed E-state index contributed by atoms with van der Waals surface area (Å²) in [7, 11) is 0. The van der Waals surface area contributed by atoms with Crippen molar-refractivity contribution in [2.24, 2.45) is 0 Å². The summed E-state index contributed by atoms with van der Waals surface area (Å²) in [5.41, 5.74) is 4.26. The van der Waals surface area contributed by atoms with Crippen molar-refractivity contribution in [2.75, 3.05) is 31.1 Å². The van der Waals surface area contributed by atoms with Crippen molar-refractivity contribution in [1.82, 2.24) is 9.80 Å². The van der Waals surface area contributed by atoms with Gasteiger partial charge in [0.05, 0.1) is 18.2 Å². The zero-order chi connectivity index (χ0) is 19.7. The number of anilines is 1. The maximum atomic E-state index is 13.0. The van der Waals surface area contributed by atoms with E-state index in [0.29, 0.717) is 5.69 Å². The molecule has 0 unspecified atom stereocenters. The summed E-state index contributed by atoms with van der Waals surface area (Å²) in [5, 5.41) is 0. The van der Waals surface area contributed by atoms with Gasteiger partial charge in [0, 0.05) is 32.7 Å². The standard InChI is InChI=1S/C23H27N3O2/c1-17-8-9-20(14-18(17)2)26-22(27)15-21(23(26)28)25-12-10-24(11-13-25)16-19-6-4-3-5-7-19/h3-9,14,21H,10-13,15-16H2,1-2H3/t21-/m1/s1. The zero-order valence-electron chi connectivity index (χ0n) is 16.6. The molecule has 2 aromatic rings. The lowest BCUT2D eigenvalue weighted by Crippen LogP contribution is -2.52. The third-order valence-corrected chi connectivity index (χ3v) is 5.97. The molecular weight excluding hydrogens is 350 g/mol. The molecule has 2 aliphatic rings. The Labute approximate surface area is 166 Å². The van der Waals surface area contributed by atoms with E-state index in [4.69, 9.17) is 0 Å². The molecule has 0 radical (unpaired) electrons. The second kappa shape index (κ2) is 7.86. The topological polar surface area (TPSA) is 43.9 Å². The normalized spacial score (nSPS) is 21.5. The highest BCUT2D eigenvalue weighted by atomic mass is 16.2.